The molecule has 2 heterocycles. The summed E-state index contributed by atoms with van der Waals surface area (Å²) in [6, 6.07) is 10.3. The van der Waals surface area contributed by atoms with Gasteiger partial charge in [0.05, 0.1) is 36.6 Å². The van der Waals surface area contributed by atoms with E-state index in [0.29, 0.717) is 18.2 Å². The van der Waals surface area contributed by atoms with E-state index in [-0.39, 0.29) is 36.0 Å². The average molecular weight is 704 g/mol. The predicted molar refractivity (Wildman–Crippen MR) is 184 cm³/mol. The number of aliphatic hydroxyl groups excluding tert-OH is 1. The lowest BCUT2D eigenvalue weighted by atomic mass is 9.94. The number of amides is 1. The average Bonchev–Trinajstić information content (AvgIpc) is 3.43. The first-order chi connectivity index (χ1) is 23.0. The van der Waals surface area contributed by atoms with Gasteiger partial charge in [-0.15, -0.1) is 0 Å². The van der Waals surface area contributed by atoms with Gasteiger partial charge in [-0.2, -0.15) is 0 Å². The Hall–Kier alpha value is -3.50. The van der Waals surface area contributed by atoms with Crippen LogP contribution >= 0.6 is 11.8 Å². The first-order valence-corrected chi connectivity index (χ1v) is 18.9. The van der Waals surface area contributed by atoms with Gasteiger partial charge in [-0.25, -0.2) is 18.1 Å². The van der Waals surface area contributed by atoms with Crippen LogP contribution in [0.5, 0.6) is 5.75 Å². The van der Waals surface area contributed by atoms with Crippen molar-refractivity contribution in [2.24, 2.45) is 5.92 Å². The maximum atomic E-state index is 13.5. The zero-order valence-electron chi connectivity index (χ0n) is 27.3. The van der Waals surface area contributed by atoms with Gasteiger partial charge in [0.15, 0.2) is 5.16 Å². The monoisotopic (exact) mass is 703 g/mol. The minimum Gasteiger partial charge on any atom is -0.487 e. The molecule has 3 atom stereocenters. The number of hydrogen-bond acceptors (Lipinski definition) is 10. The van der Waals surface area contributed by atoms with Crippen molar-refractivity contribution in [2.75, 3.05) is 37.8 Å². The van der Waals surface area contributed by atoms with E-state index in [0.717, 1.165) is 67.8 Å². The van der Waals surface area contributed by atoms with Crippen LogP contribution in [0.1, 0.15) is 51.9 Å². The number of benzene rings is 2. The fourth-order valence-electron chi connectivity index (χ4n) is 6.03. The van der Waals surface area contributed by atoms with Crippen LogP contribution in [0.4, 0.5) is 5.69 Å². The van der Waals surface area contributed by atoms with Crippen molar-refractivity contribution in [1.29, 1.82) is 0 Å². The van der Waals surface area contributed by atoms with Crippen LogP contribution in [-0.4, -0.2) is 95.9 Å². The highest BCUT2D eigenvalue weighted by Crippen LogP contribution is 2.30. The third kappa shape index (κ3) is 10.5. The SMILES string of the molecule is CSc1nc2ccccc2n1CC(C)Oc1cc(NC(=O)CN2CCCCC(CCO)CCC2)ccc1S(=O)(=O)NC(C=O)CC(=O)O. The summed E-state index contributed by atoms with van der Waals surface area (Å²) in [5.74, 6) is -1.17. The zero-order valence-corrected chi connectivity index (χ0v) is 29.0. The van der Waals surface area contributed by atoms with E-state index in [1.54, 1.807) is 6.92 Å². The van der Waals surface area contributed by atoms with E-state index in [4.69, 9.17) is 9.84 Å². The van der Waals surface area contributed by atoms with Crippen LogP contribution in [0.2, 0.25) is 0 Å². The lowest BCUT2D eigenvalue weighted by molar-refractivity contribution is -0.138. The number of carboxylic acids is 1. The molecule has 1 aromatic heterocycles. The van der Waals surface area contributed by atoms with Crippen molar-refractivity contribution in [3.8, 4) is 5.75 Å². The number of aliphatic carboxylic acids is 1. The van der Waals surface area contributed by atoms with Gasteiger partial charge in [0.1, 0.15) is 23.0 Å². The van der Waals surface area contributed by atoms with Crippen molar-refractivity contribution in [3.63, 3.8) is 0 Å². The smallest absolute Gasteiger partial charge is 0.305 e. The van der Waals surface area contributed by atoms with E-state index in [2.05, 4.69) is 19.9 Å². The number of aldehydes is 1. The molecule has 0 radical (unpaired) electrons. The number of carbonyl (C=O) groups is 3. The van der Waals surface area contributed by atoms with Gasteiger partial charge in [0.25, 0.3) is 0 Å². The molecule has 3 aromatic rings. The minimum atomic E-state index is -4.42. The van der Waals surface area contributed by atoms with Gasteiger partial charge in [-0.1, -0.05) is 36.7 Å². The van der Waals surface area contributed by atoms with Crippen LogP contribution in [0.15, 0.2) is 52.5 Å². The minimum absolute atomic E-state index is 0.0689. The molecule has 13 nitrogen and oxygen atoms in total. The summed E-state index contributed by atoms with van der Waals surface area (Å²) >= 11 is 1.47. The molecule has 48 heavy (non-hydrogen) atoms. The molecule has 0 aliphatic carbocycles. The summed E-state index contributed by atoms with van der Waals surface area (Å²) in [5, 5.41) is 22.1. The molecule has 3 unspecified atom stereocenters. The Morgan fingerprint density at radius 3 is 2.62 bits per heavy atom. The number of carboxylic acid groups (broad SMARTS) is 1. The van der Waals surface area contributed by atoms with Crippen molar-refractivity contribution in [2.45, 2.75) is 80.6 Å². The van der Waals surface area contributed by atoms with Gasteiger partial charge in [0.2, 0.25) is 15.9 Å². The molecular weight excluding hydrogens is 659 g/mol. The third-order valence-corrected chi connectivity index (χ3v) is 10.5. The molecule has 4 rings (SSSR count). The molecule has 262 valence electrons. The Labute approximate surface area is 285 Å². The van der Waals surface area contributed by atoms with E-state index < -0.39 is 34.6 Å². The molecule has 0 bridgehead atoms. The molecule has 2 aromatic carbocycles. The maximum Gasteiger partial charge on any atom is 0.305 e. The number of anilines is 1. The van der Waals surface area contributed by atoms with Crippen LogP contribution in [0, 0.1) is 5.92 Å². The van der Waals surface area contributed by atoms with Crippen LogP contribution in [0.3, 0.4) is 0 Å². The number of thioether (sulfide) groups is 1. The number of aliphatic hydroxyl groups is 1. The summed E-state index contributed by atoms with van der Waals surface area (Å²) in [6.45, 7) is 4.01. The number of aromatic nitrogens is 2. The number of sulfonamides is 1. The van der Waals surface area contributed by atoms with Gasteiger partial charge in [-0.05, 0) is 82.1 Å². The van der Waals surface area contributed by atoms with Gasteiger partial charge >= 0.3 is 5.97 Å². The highest BCUT2D eigenvalue weighted by atomic mass is 32.2. The topological polar surface area (TPSA) is 180 Å². The zero-order chi connectivity index (χ0) is 34.7. The summed E-state index contributed by atoms with van der Waals surface area (Å²) in [7, 11) is -4.42. The van der Waals surface area contributed by atoms with Gasteiger partial charge in [-0.3, -0.25) is 14.5 Å². The van der Waals surface area contributed by atoms with Crippen LogP contribution in [0.25, 0.3) is 11.0 Å². The molecule has 1 saturated heterocycles. The summed E-state index contributed by atoms with van der Waals surface area (Å²) in [6.07, 6.45) is 6.65. The van der Waals surface area contributed by atoms with Crippen molar-refractivity contribution in [1.82, 2.24) is 19.2 Å². The Bertz CT molecular complexity index is 1660. The van der Waals surface area contributed by atoms with Gasteiger partial charge < -0.3 is 29.6 Å². The molecular formula is C33H45N5O8S2. The Morgan fingerprint density at radius 2 is 1.90 bits per heavy atom. The predicted octanol–water partition coefficient (Wildman–Crippen LogP) is 3.75. The number of nitrogens with one attached hydrogen (secondary N) is 2. The number of carbonyl (C=O) groups excluding carboxylic acids is 2. The number of para-hydroxylation sites is 2. The van der Waals surface area contributed by atoms with E-state index >= 15 is 0 Å². The van der Waals surface area contributed by atoms with Crippen molar-refractivity contribution >= 4 is 56.7 Å². The van der Waals surface area contributed by atoms with Crippen molar-refractivity contribution < 1.29 is 37.8 Å². The molecule has 15 heteroatoms. The first kappa shape index (κ1) is 37.3. The fraction of sp³-hybridized carbons (Fsp3) is 0.515. The van der Waals surface area contributed by atoms with Crippen molar-refractivity contribution in [3.05, 3.63) is 42.5 Å². The summed E-state index contributed by atoms with van der Waals surface area (Å²) < 4.78 is 37.3. The molecule has 0 spiro atoms. The second kappa shape index (κ2) is 17.8. The fourth-order valence-corrected chi connectivity index (χ4v) is 7.89. The highest BCUT2D eigenvalue weighted by molar-refractivity contribution is 7.98. The molecule has 1 amide bonds. The lowest BCUT2D eigenvalue weighted by Gasteiger charge is -2.22. The Morgan fingerprint density at radius 1 is 1.15 bits per heavy atom. The normalized spacial score (nSPS) is 17.5. The molecule has 4 N–H and O–H groups in total. The molecule has 1 aliphatic rings. The van der Waals surface area contributed by atoms with Crippen LogP contribution < -0.4 is 14.8 Å². The number of rotatable bonds is 16. The number of hydrogen-bond donors (Lipinski definition) is 4. The first-order valence-electron chi connectivity index (χ1n) is 16.1. The summed E-state index contributed by atoms with van der Waals surface area (Å²) in [4.78, 5) is 42.4. The van der Waals surface area contributed by atoms with Gasteiger partial charge in [0, 0.05) is 18.4 Å². The number of imidazole rings is 1. The standard InChI is InChI=1S/C33H45N5O8S2/c1-23(20-38-28-11-4-3-10-27(28)35-33(38)47-2)46-29-18-25(12-13-30(29)48(44,45)36-26(22-40)19-32(42)43)34-31(41)21-37-15-6-5-8-24(14-17-39)9-7-16-37/h3-4,10-13,18,22-24,26,36,39H,5-9,14-17,19-21H2,1-2H3,(H,34,41)(H,42,43). The summed E-state index contributed by atoms with van der Waals surface area (Å²) in [5.41, 5.74) is 2.02. The van der Waals surface area contributed by atoms with E-state index in [1.165, 1.54) is 30.0 Å². The Kier molecular flexibility index (Phi) is 13.8. The Balaban J connectivity index is 1.55. The highest BCUT2D eigenvalue weighted by Gasteiger charge is 2.27. The second-order valence-electron chi connectivity index (χ2n) is 12.1. The maximum absolute atomic E-state index is 13.5. The molecule has 1 fully saturated rings. The molecule has 0 saturated carbocycles. The number of nitrogens with zero attached hydrogens (tertiary/aromatic N) is 3. The number of fused-ring (bicyclic) bond motifs is 1. The largest absolute Gasteiger partial charge is 0.487 e. The third-order valence-electron chi connectivity index (χ3n) is 8.28. The second-order valence-corrected chi connectivity index (χ2v) is 14.5. The van der Waals surface area contributed by atoms with Crippen LogP contribution in [-0.2, 0) is 31.0 Å². The lowest BCUT2D eigenvalue weighted by Crippen LogP contribution is -2.38. The number of ether oxygens (including phenoxy) is 1. The quantitative estimate of drug-likeness (QED) is 0.126. The molecule has 1 aliphatic heterocycles. The van der Waals surface area contributed by atoms with E-state index in [9.17, 15) is 27.9 Å². The van der Waals surface area contributed by atoms with E-state index in [1.807, 2.05) is 35.1 Å².